The van der Waals surface area contributed by atoms with Gasteiger partial charge in [-0.2, -0.15) is 0 Å². The first-order valence-corrected chi connectivity index (χ1v) is 8.52. The van der Waals surface area contributed by atoms with Gasteiger partial charge in [0.05, 0.1) is 23.1 Å². The van der Waals surface area contributed by atoms with Gasteiger partial charge in [0.25, 0.3) is 6.43 Å². The summed E-state index contributed by atoms with van der Waals surface area (Å²) >= 11 is 0. The zero-order valence-electron chi connectivity index (χ0n) is 15.3. The Labute approximate surface area is 151 Å². The smallest absolute Gasteiger partial charge is 0.267 e. The Morgan fingerprint density at radius 2 is 1.88 bits per heavy atom. The van der Waals surface area contributed by atoms with Crippen LogP contribution in [0.2, 0.25) is 0 Å². The summed E-state index contributed by atoms with van der Waals surface area (Å²) in [5.74, 6) is -0.276. The molecule has 0 radical (unpaired) electrons. The maximum Gasteiger partial charge on any atom is 0.267 e. The van der Waals surface area contributed by atoms with E-state index in [-0.39, 0.29) is 34.2 Å². The molecule has 2 rings (SSSR count). The van der Waals surface area contributed by atoms with Crippen LogP contribution in [-0.2, 0) is 0 Å². The van der Waals surface area contributed by atoms with E-state index in [1.807, 2.05) is 6.92 Å². The molecular weight excluding hydrogens is 343 g/mol. The van der Waals surface area contributed by atoms with Crippen LogP contribution in [-0.4, -0.2) is 16.2 Å². The molecule has 26 heavy (non-hydrogen) atoms. The van der Waals surface area contributed by atoms with Crippen LogP contribution >= 0.6 is 0 Å². The average Bonchev–Trinajstić information content (AvgIpc) is 2.57. The van der Waals surface area contributed by atoms with E-state index in [2.05, 4.69) is 23.8 Å². The molecule has 0 aliphatic rings. The summed E-state index contributed by atoms with van der Waals surface area (Å²) < 4.78 is 46.8. The van der Waals surface area contributed by atoms with Crippen molar-refractivity contribution < 1.29 is 17.9 Å². The molecule has 0 saturated heterocycles. The van der Waals surface area contributed by atoms with Crippen molar-refractivity contribution >= 4 is 0 Å². The Balaban J connectivity index is 2.33. The third kappa shape index (κ3) is 4.72. The van der Waals surface area contributed by atoms with Crippen molar-refractivity contribution in [3.05, 3.63) is 41.6 Å². The normalized spacial score (nSPS) is 13.9. The first kappa shape index (κ1) is 20.2. The van der Waals surface area contributed by atoms with Gasteiger partial charge in [0.15, 0.2) is 5.82 Å². The molecule has 2 N–H and O–H groups in total. The third-order valence-electron chi connectivity index (χ3n) is 4.14. The fourth-order valence-corrected chi connectivity index (χ4v) is 2.76. The lowest BCUT2D eigenvalue weighted by molar-refractivity contribution is 0.114. The molecule has 0 amide bonds. The van der Waals surface area contributed by atoms with Crippen LogP contribution in [0.25, 0.3) is 11.3 Å². The van der Waals surface area contributed by atoms with Crippen molar-refractivity contribution in [1.29, 1.82) is 0 Å². The number of nitrogens with zero attached hydrogens (tertiary/aromatic N) is 2. The molecule has 142 valence electrons. The minimum atomic E-state index is -2.80. The van der Waals surface area contributed by atoms with Crippen molar-refractivity contribution in [3.8, 4) is 17.0 Å². The summed E-state index contributed by atoms with van der Waals surface area (Å²) in [5, 5.41) is 0. The molecule has 7 heteroatoms. The summed E-state index contributed by atoms with van der Waals surface area (Å²) in [7, 11) is 0. The van der Waals surface area contributed by atoms with Gasteiger partial charge in [-0.05, 0) is 31.4 Å². The second kappa shape index (κ2) is 8.49. The lowest BCUT2D eigenvalue weighted by atomic mass is 9.97. The van der Waals surface area contributed by atoms with Gasteiger partial charge in [-0.1, -0.05) is 20.8 Å². The number of aromatic nitrogens is 2. The highest BCUT2D eigenvalue weighted by molar-refractivity contribution is 5.62. The lowest BCUT2D eigenvalue weighted by Gasteiger charge is -2.24. The Hall–Kier alpha value is -2.15. The van der Waals surface area contributed by atoms with Crippen molar-refractivity contribution in [1.82, 2.24) is 9.97 Å². The van der Waals surface area contributed by atoms with Crippen molar-refractivity contribution in [3.63, 3.8) is 0 Å². The number of ether oxygens (including phenoxy) is 1. The number of nitrogens with two attached hydrogens (primary N) is 1. The lowest BCUT2D eigenvalue weighted by Crippen LogP contribution is -2.35. The second-order valence-electron chi connectivity index (χ2n) is 6.86. The van der Waals surface area contributed by atoms with E-state index in [0.717, 1.165) is 12.5 Å². The summed E-state index contributed by atoms with van der Waals surface area (Å²) in [5.41, 5.74) is 6.02. The number of hydrogen-bond donors (Lipinski definition) is 1. The molecule has 0 aromatic carbocycles. The zero-order valence-corrected chi connectivity index (χ0v) is 15.3. The first-order chi connectivity index (χ1) is 12.2. The fourth-order valence-electron chi connectivity index (χ4n) is 2.76. The maximum absolute atomic E-state index is 14.2. The number of hydrogen-bond acceptors (Lipinski definition) is 4. The van der Waals surface area contributed by atoms with Crippen LogP contribution in [0.5, 0.6) is 5.75 Å². The van der Waals surface area contributed by atoms with E-state index in [0.29, 0.717) is 5.92 Å². The molecule has 0 bridgehead atoms. The van der Waals surface area contributed by atoms with Crippen LogP contribution in [0.3, 0.4) is 0 Å². The van der Waals surface area contributed by atoms with Gasteiger partial charge in [-0.25, -0.2) is 13.2 Å². The summed E-state index contributed by atoms with van der Waals surface area (Å²) in [4.78, 5) is 7.92. The molecule has 2 heterocycles. The van der Waals surface area contributed by atoms with Crippen molar-refractivity contribution in [2.45, 2.75) is 46.8 Å². The molecule has 2 atom stereocenters. The topological polar surface area (TPSA) is 61.0 Å². The van der Waals surface area contributed by atoms with Crippen LogP contribution in [0.15, 0.2) is 24.5 Å². The first-order valence-electron chi connectivity index (χ1n) is 8.52. The second-order valence-corrected chi connectivity index (χ2v) is 6.86. The number of alkyl halides is 2. The van der Waals surface area contributed by atoms with E-state index in [1.165, 1.54) is 25.4 Å². The monoisotopic (exact) mass is 367 g/mol. The highest BCUT2D eigenvalue weighted by atomic mass is 19.3. The standard InChI is InChI=1S/C19H24F3N3O/c1-10(2)7-11(3)19(23)26-16-9-25-15(8-14(16)18(21)22)13-5-6-24-12(4)17(13)20/h5-6,8-11,18-19H,7,23H2,1-4H3. The van der Waals surface area contributed by atoms with Gasteiger partial charge < -0.3 is 4.74 Å². The number of pyridine rings is 2. The number of halogens is 3. The van der Waals surface area contributed by atoms with Crippen LogP contribution < -0.4 is 10.5 Å². The molecule has 0 aliphatic carbocycles. The van der Waals surface area contributed by atoms with E-state index in [9.17, 15) is 13.2 Å². The third-order valence-corrected chi connectivity index (χ3v) is 4.14. The van der Waals surface area contributed by atoms with Crippen LogP contribution in [0.1, 0.15) is 44.9 Å². The molecule has 0 spiro atoms. The van der Waals surface area contributed by atoms with E-state index < -0.39 is 18.5 Å². The predicted molar refractivity (Wildman–Crippen MR) is 94.3 cm³/mol. The Morgan fingerprint density at radius 3 is 2.50 bits per heavy atom. The molecule has 0 fully saturated rings. The zero-order chi connectivity index (χ0) is 19.4. The molecule has 0 aliphatic heterocycles. The van der Waals surface area contributed by atoms with Crippen molar-refractivity contribution in [2.75, 3.05) is 0 Å². The quantitative estimate of drug-likeness (QED) is 0.709. The van der Waals surface area contributed by atoms with E-state index in [4.69, 9.17) is 10.5 Å². The Bertz CT molecular complexity index is 753. The molecule has 2 aromatic heterocycles. The molecule has 2 unspecified atom stereocenters. The van der Waals surface area contributed by atoms with E-state index in [1.54, 1.807) is 0 Å². The maximum atomic E-state index is 14.2. The highest BCUT2D eigenvalue weighted by Gasteiger charge is 2.22. The largest absolute Gasteiger partial charge is 0.473 e. The number of aryl methyl sites for hydroxylation is 1. The summed E-state index contributed by atoms with van der Waals surface area (Å²) in [6.07, 6.45) is -0.148. The number of rotatable bonds is 7. The fraction of sp³-hybridized carbons (Fsp3) is 0.474. The average molecular weight is 367 g/mol. The van der Waals surface area contributed by atoms with Crippen molar-refractivity contribution in [2.24, 2.45) is 17.6 Å². The van der Waals surface area contributed by atoms with Gasteiger partial charge >= 0.3 is 0 Å². The minimum Gasteiger partial charge on any atom is -0.473 e. The molecular formula is C19H24F3N3O. The van der Waals surface area contributed by atoms with Gasteiger partial charge in [-0.15, -0.1) is 0 Å². The summed E-state index contributed by atoms with van der Waals surface area (Å²) in [6.45, 7) is 7.51. The summed E-state index contributed by atoms with van der Waals surface area (Å²) in [6, 6.07) is 2.54. The van der Waals surface area contributed by atoms with E-state index >= 15 is 0 Å². The SMILES string of the molecule is Cc1nccc(-c2cc(C(F)F)c(OC(N)C(C)CC(C)C)cn2)c1F. The molecule has 4 nitrogen and oxygen atoms in total. The Kier molecular flexibility index (Phi) is 6.58. The molecule has 2 aromatic rings. The van der Waals surface area contributed by atoms with Gasteiger partial charge in [-0.3, -0.25) is 15.7 Å². The minimum absolute atomic E-state index is 0.0134. The van der Waals surface area contributed by atoms with Gasteiger partial charge in [0, 0.05) is 17.7 Å². The predicted octanol–water partition coefficient (Wildman–Crippen LogP) is 4.87. The van der Waals surface area contributed by atoms with Crippen LogP contribution in [0, 0.1) is 24.6 Å². The van der Waals surface area contributed by atoms with Crippen LogP contribution in [0.4, 0.5) is 13.2 Å². The molecule has 0 saturated carbocycles. The van der Waals surface area contributed by atoms with Gasteiger partial charge in [0.2, 0.25) is 0 Å². The Morgan fingerprint density at radius 1 is 1.19 bits per heavy atom. The highest BCUT2D eigenvalue weighted by Crippen LogP contribution is 2.33. The van der Waals surface area contributed by atoms with Gasteiger partial charge in [0.1, 0.15) is 12.0 Å².